The first-order valence-corrected chi connectivity index (χ1v) is 7.21. The van der Waals surface area contributed by atoms with Crippen molar-refractivity contribution >= 4 is 15.7 Å². The van der Waals surface area contributed by atoms with Crippen LogP contribution < -0.4 is 5.32 Å². The molecule has 17 heavy (non-hydrogen) atoms. The van der Waals surface area contributed by atoms with Gasteiger partial charge in [-0.05, 0) is 13.3 Å². The van der Waals surface area contributed by atoms with Crippen LogP contribution in [0.2, 0.25) is 0 Å². The highest BCUT2D eigenvalue weighted by atomic mass is 32.2. The number of hydrogen-bond donors (Lipinski definition) is 1. The maximum absolute atomic E-state index is 11.7. The first-order valence-electron chi connectivity index (χ1n) is 5.38. The van der Waals surface area contributed by atoms with Crippen molar-refractivity contribution in [2.45, 2.75) is 31.3 Å². The standard InChI is InChI=1S/C9H14N2O5S/c1-9(2-3-17(15,16)5-9)10-8(12)6-4-7(6)11(13)14/h6-7H,2-5H2,1H3,(H,10,12). The molecule has 1 saturated carbocycles. The van der Waals surface area contributed by atoms with E-state index in [-0.39, 0.29) is 17.9 Å². The third-order valence-electron chi connectivity index (χ3n) is 3.29. The predicted octanol–water partition coefficient (Wildman–Crippen LogP) is -0.655. The molecule has 3 atom stereocenters. The van der Waals surface area contributed by atoms with Crippen LogP contribution in [-0.2, 0) is 14.6 Å². The quantitative estimate of drug-likeness (QED) is 0.537. The SMILES string of the molecule is CC1(NC(=O)C2CC2[N+](=O)[O-])CCS(=O)(=O)C1. The Balaban J connectivity index is 1.95. The molecule has 1 saturated heterocycles. The maximum Gasteiger partial charge on any atom is 0.230 e. The van der Waals surface area contributed by atoms with Crippen molar-refractivity contribution in [3.63, 3.8) is 0 Å². The summed E-state index contributed by atoms with van der Waals surface area (Å²) in [7, 11) is -3.08. The summed E-state index contributed by atoms with van der Waals surface area (Å²) in [6, 6.07) is -0.795. The van der Waals surface area contributed by atoms with Gasteiger partial charge in [-0.3, -0.25) is 14.9 Å². The Kier molecular flexibility index (Phi) is 2.64. The Bertz CT molecular complexity index is 474. The Morgan fingerprint density at radius 2 is 2.18 bits per heavy atom. The van der Waals surface area contributed by atoms with E-state index in [0.717, 1.165) is 0 Å². The molecule has 1 aliphatic heterocycles. The van der Waals surface area contributed by atoms with Crippen LogP contribution in [0.25, 0.3) is 0 Å². The molecular weight excluding hydrogens is 248 g/mol. The number of amides is 1. The molecular formula is C9H14N2O5S. The van der Waals surface area contributed by atoms with E-state index in [1.807, 2.05) is 0 Å². The molecule has 0 radical (unpaired) electrons. The molecule has 8 heteroatoms. The van der Waals surface area contributed by atoms with E-state index >= 15 is 0 Å². The van der Waals surface area contributed by atoms with E-state index in [9.17, 15) is 23.3 Å². The summed E-state index contributed by atoms with van der Waals surface area (Å²) in [5.41, 5.74) is -0.764. The zero-order valence-corrected chi connectivity index (χ0v) is 10.2. The van der Waals surface area contributed by atoms with Gasteiger partial charge < -0.3 is 5.32 Å². The van der Waals surface area contributed by atoms with Crippen molar-refractivity contribution < 1.29 is 18.1 Å². The first kappa shape index (κ1) is 12.3. The monoisotopic (exact) mass is 262 g/mol. The summed E-state index contributed by atoms with van der Waals surface area (Å²) in [6.07, 6.45) is 0.624. The number of carbonyl (C=O) groups excluding carboxylic acids is 1. The van der Waals surface area contributed by atoms with Crippen LogP contribution in [0, 0.1) is 16.0 Å². The molecule has 1 N–H and O–H groups in total. The molecule has 2 aliphatic rings. The zero-order chi connectivity index (χ0) is 12.8. The molecule has 3 unspecified atom stereocenters. The van der Waals surface area contributed by atoms with E-state index in [1.54, 1.807) is 6.92 Å². The van der Waals surface area contributed by atoms with Gasteiger partial charge in [0.2, 0.25) is 11.9 Å². The largest absolute Gasteiger partial charge is 0.349 e. The maximum atomic E-state index is 11.7. The number of hydrogen-bond acceptors (Lipinski definition) is 5. The molecule has 1 amide bonds. The third kappa shape index (κ3) is 2.56. The minimum Gasteiger partial charge on any atom is -0.349 e. The minimum atomic E-state index is -3.08. The summed E-state index contributed by atoms with van der Waals surface area (Å²) in [5, 5.41) is 13.1. The molecule has 2 fully saturated rings. The number of rotatable bonds is 3. The normalized spacial score (nSPS) is 38.6. The number of nitrogens with zero attached hydrogens (tertiary/aromatic N) is 1. The van der Waals surface area contributed by atoms with Gasteiger partial charge in [-0.1, -0.05) is 0 Å². The van der Waals surface area contributed by atoms with Gasteiger partial charge in [0.25, 0.3) is 0 Å². The van der Waals surface area contributed by atoms with Gasteiger partial charge >= 0.3 is 0 Å². The van der Waals surface area contributed by atoms with Crippen LogP contribution in [0.1, 0.15) is 19.8 Å². The fourth-order valence-corrected chi connectivity index (χ4v) is 4.29. The second kappa shape index (κ2) is 3.66. The van der Waals surface area contributed by atoms with Crippen LogP contribution in [-0.4, -0.2) is 42.3 Å². The van der Waals surface area contributed by atoms with E-state index in [4.69, 9.17) is 0 Å². The number of nitrogens with one attached hydrogen (secondary N) is 1. The van der Waals surface area contributed by atoms with Crippen molar-refractivity contribution in [1.82, 2.24) is 5.32 Å². The lowest BCUT2D eigenvalue weighted by molar-refractivity contribution is -0.497. The molecule has 0 bridgehead atoms. The van der Waals surface area contributed by atoms with Crippen molar-refractivity contribution in [2.24, 2.45) is 5.92 Å². The van der Waals surface area contributed by atoms with Crippen LogP contribution in [0.5, 0.6) is 0 Å². The number of carbonyl (C=O) groups is 1. The van der Waals surface area contributed by atoms with Gasteiger partial charge in [-0.15, -0.1) is 0 Å². The highest BCUT2D eigenvalue weighted by Crippen LogP contribution is 2.34. The summed E-state index contributed by atoms with van der Waals surface area (Å²) in [5.74, 6) is -1.01. The van der Waals surface area contributed by atoms with Gasteiger partial charge in [-0.25, -0.2) is 8.42 Å². The lowest BCUT2D eigenvalue weighted by atomic mass is 10.0. The van der Waals surface area contributed by atoms with E-state index in [1.165, 1.54) is 0 Å². The summed E-state index contributed by atoms with van der Waals surface area (Å²) < 4.78 is 22.7. The van der Waals surface area contributed by atoms with Crippen molar-refractivity contribution in [3.05, 3.63) is 10.1 Å². The Labute approximate surface area is 98.6 Å². The van der Waals surface area contributed by atoms with Crippen molar-refractivity contribution in [3.8, 4) is 0 Å². The highest BCUT2D eigenvalue weighted by Gasteiger charge is 2.54. The fraction of sp³-hybridized carbons (Fsp3) is 0.889. The molecule has 1 heterocycles. The first-order chi connectivity index (χ1) is 7.72. The molecule has 0 aromatic rings. The molecule has 0 aromatic carbocycles. The Hall–Kier alpha value is -1.18. The number of sulfone groups is 1. The second-order valence-electron chi connectivity index (χ2n) is 5.09. The van der Waals surface area contributed by atoms with Crippen LogP contribution >= 0.6 is 0 Å². The van der Waals surface area contributed by atoms with E-state index in [0.29, 0.717) is 6.42 Å². The van der Waals surface area contributed by atoms with Crippen LogP contribution in [0.15, 0.2) is 0 Å². The fourth-order valence-electron chi connectivity index (χ4n) is 2.20. The summed E-state index contributed by atoms with van der Waals surface area (Å²) >= 11 is 0. The smallest absolute Gasteiger partial charge is 0.230 e. The lowest BCUT2D eigenvalue weighted by Gasteiger charge is -2.23. The van der Waals surface area contributed by atoms with Gasteiger partial charge in [0, 0.05) is 11.3 Å². The van der Waals surface area contributed by atoms with Gasteiger partial charge in [0.1, 0.15) is 5.92 Å². The van der Waals surface area contributed by atoms with Gasteiger partial charge in [0.05, 0.1) is 17.0 Å². The number of nitro groups is 1. The highest BCUT2D eigenvalue weighted by molar-refractivity contribution is 7.91. The second-order valence-corrected chi connectivity index (χ2v) is 7.27. The molecule has 7 nitrogen and oxygen atoms in total. The van der Waals surface area contributed by atoms with E-state index in [2.05, 4.69) is 5.32 Å². The van der Waals surface area contributed by atoms with Crippen LogP contribution in [0.3, 0.4) is 0 Å². The molecule has 2 rings (SSSR count). The Morgan fingerprint density at radius 3 is 2.59 bits per heavy atom. The molecule has 1 aliphatic carbocycles. The minimum absolute atomic E-state index is 0.0626. The third-order valence-corrected chi connectivity index (χ3v) is 5.20. The summed E-state index contributed by atoms with van der Waals surface area (Å²) in [4.78, 5) is 21.6. The molecule has 0 aromatic heterocycles. The van der Waals surface area contributed by atoms with Crippen molar-refractivity contribution in [1.29, 1.82) is 0 Å². The van der Waals surface area contributed by atoms with Gasteiger partial charge in [-0.2, -0.15) is 0 Å². The predicted molar refractivity (Wildman–Crippen MR) is 58.7 cm³/mol. The lowest BCUT2D eigenvalue weighted by Crippen LogP contribution is -2.48. The average Bonchev–Trinajstić information content (AvgIpc) is 2.89. The summed E-state index contributed by atoms with van der Waals surface area (Å²) in [6.45, 7) is 1.67. The Morgan fingerprint density at radius 1 is 1.53 bits per heavy atom. The van der Waals surface area contributed by atoms with Crippen LogP contribution in [0.4, 0.5) is 0 Å². The van der Waals surface area contributed by atoms with E-state index < -0.39 is 38.2 Å². The zero-order valence-electron chi connectivity index (χ0n) is 9.38. The molecule has 0 spiro atoms. The average molecular weight is 262 g/mol. The molecule has 96 valence electrons. The topological polar surface area (TPSA) is 106 Å². The van der Waals surface area contributed by atoms with Gasteiger partial charge in [0.15, 0.2) is 9.84 Å². The van der Waals surface area contributed by atoms with Crippen molar-refractivity contribution in [2.75, 3.05) is 11.5 Å².